The summed E-state index contributed by atoms with van der Waals surface area (Å²) in [4.78, 5) is 0. The van der Waals surface area contributed by atoms with Crippen LogP contribution in [0.15, 0.2) is 24.3 Å². The van der Waals surface area contributed by atoms with Crippen molar-refractivity contribution in [1.29, 1.82) is 0 Å². The second kappa shape index (κ2) is 7.17. The molecule has 4 heteroatoms. The van der Waals surface area contributed by atoms with E-state index >= 15 is 0 Å². The van der Waals surface area contributed by atoms with Crippen molar-refractivity contribution in [3.63, 3.8) is 0 Å². The highest BCUT2D eigenvalue weighted by Crippen LogP contribution is 2.32. The molecule has 3 atom stereocenters. The van der Waals surface area contributed by atoms with E-state index in [0.29, 0.717) is 12.0 Å². The standard InChI is InChI=1S/C15H23NO2S/c1-11(15(10-17)19-2)16-9-12-7-8-18-14-6-4-3-5-13(12)14/h3-6,11-12,15-17H,7-10H2,1-2H3. The summed E-state index contributed by atoms with van der Waals surface area (Å²) in [6.45, 7) is 4.10. The van der Waals surface area contributed by atoms with Crippen molar-refractivity contribution in [2.24, 2.45) is 0 Å². The number of benzene rings is 1. The van der Waals surface area contributed by atoms with Crippen LogP contribution >= 0.6 is 11.8 Å². The van der Waals surface area contributed by atoms with Crippen LogP contribution in [0, 0.1) is 0 Å². The highest BCUT2D eigenvalue weighted by atomic mass is 32.2. The normalized spacial score (nSPS) is 21.3. The van der Waals surface area contributed by atoms with E-state index in [1.54, 1.807) is 11.8 Å². The largest absolute Gasteiger partial charge is 0.493 e. The van der Waals surface area contributed by atoms with E-state index in [-0.39, 0.29) is 11.9 Å². The van der Waals surface area contributed by atoms with Crippen molar-refractivity contribution in [3.8, 4) is 5.75 Å². The monoisotopic (exact) mass is 281 g/mol. The molecular weight excluding hydrogens is 258 g/mol. The Morgan fingerprint density at radius 1 is 1.47 bits per heavy atom. The lowest BCUT2D eigenvalue weighted by atomic mass is 9.93. The summed E-state index contributed by atoms with van der Waals surface area (Å²) in [6.07, 6.45) is 3.10. The van der Waals surface area contributed by atoms with Gasteiger partial charge in [-0.2, -0.15) is 11.8 Å². The predicted molar refractivity (Wildman–Crippen MR) is 81.1 cm³/mol. The molecular formula is C15H23NO2S. The first-order chi connectivity index (χ1) is 9.26. The van der Waals surface area contributed by atoms with Crippen LogP contribution in [0.4, 0.5) is 0 Å². The zero-order chi connectivity index (χ0) is 13.7. The Morgan fingerprint density at radius 2 is 2.26 bits per heavy atom. The van der Waals surface area contributed by atoms with Crippen LogP contribution in [0.3, 0.4) is 0 Å². The molecule has 0 saturated carbocycles. The molecule has 0 spiro atoms. The van der Waals surface area contributed by atoms with Crippen LogP contribution in [0.5, 0.6) is 5.75 Å². The zero-order valence-corrected chi connectivity index (χ0v) is 12.5. The lowest BCUT2D eigenvalue weighted by Gasteiger charge is -2.29. The van der Waals surface area contributed by atoms with Crippen LogP contribution in [-0.4, -0.2) is 42.4 Å². The van der Waals surface area contributed by atoms with Gasteiger partial charge in [0.05, 0.1) is 13.2 Å². The van der Waals surface area contributed by atoms with E-state index in [1.807, 2.05) is 18.4 Å². The molecule has 3 nitrogen and oxygen atoms in total. The maximum Gasteiger partial charge on any atom is 0.122 e. The number of para-hydroxylation sites is 1. The highest BCUT2D eigenvalue weighted by Gasteiger charge is 2.22. The lowest BCUT2D eigenvalue weighted by molar-refractivity contribution is 0.254. The van der Waals surface area contributed by atoms with Crippen molar-refractivity contribution in [2.45, 2.75) is 30.6 Å². The molecule has 0 amide bonds. The molecule has 0 bridgehead atoms. The summed E-state index contributed by atoms with van der Waals surface area (Å²) in [5.41, 5.74) is 1.30. The Kier molecular flexibility index (Phi) is 5.55. The second-order valence-electron chi connectivity index (χ2n) is 5.03. The van der Waals surface area contributed by atoms with Gasteiger partial charge in [0.2, 0.25) is 0 Å². The summed E-state index contributed by atoms with van der Waals surface area (Å²) in [5, 5.41) is 13.1. The fraction of sp³-hybridized carbons (Fsp3) is 0.600. The molecule has 1 heterocycles. The van der Waals surface area contributed by atoms with Crippen LogP contribution < -0.4 is 10.1 Å². The van der Waals surface area contributed by atoms with Crippen LogP contribution in [-0.2, 0) is 0 Å². The van der Waals surface area contributed by atoms with Gasteiger partial charge in [0, 0.05) is 23.8 Å². The number of aliphatic hydroxyl groups excluding tert-OH is 1. The van der Waals surface area contributed by atoms with Crippen LogP contribution in [0.2, 0.25) is 0 Å². The molecule has 106 valence electrons. The first-order valence-electron chi connectivity index (χ1n) is 6.85. The zero-order valence-electron chi connectivity index (χ0n) is 11.6. The maximum atomic E-state index is 9.31. The molecule has 2 rings (SSSR count). The van der Waals surface area contributed by atoms with Gasteiger partial charge in [-0.15, -0.1) is 0 Å². The van der Waals surface area contributed by atoms with Crippen LogP contribution in [0.25, 0.3) is 0 Å². The maximum absolute atomic E-state index is 9.31. The first-order valence-corrected chi connectivity index (χ1v) is 8.13. The SMILES string of the molecule is CSC(CO)C(C)NCC1CCOc2ccccc21. The molecule has 0 fully saturated rings. The van der Waals surface area contributed by atoms with Crippen molar-refractivity contribution < 1.29 is 9.84 Å². The van der Waals surface area contributed by atoms with Gasteiger partial charge < -0.3 is 15.2 Å². The van der Waals surface area contributed by atoms with E-state index in [4.69, 9.17) is 4.74 Å². The molecule has 0 radical (unpaired) electrons. The Morgan fingerprint density at radius 3 is 3.00 bits per heavy atom. The molecule has 1 aliphatic rings. The summed E-state index contributed by atoms with van der Waals surface area (Å²) in [7, 11) is 0. The molecule has 3 unspecified atom stereocenters. The summed E-state index contributed by atoms with van der Waals surface area (Å²) >= 11 is 1.71. The average molecular weight is 281 g/mol. The van der Waals surface area contributed by atoms with Gasteiger partial charge in [0.1, 0.15) is 5.75 Å². The molecule has 0 aliphatic carbocycles. The van der Waals surface area contributed by atoms with E-state index in [0.717, 1.165) is 25.3 Å². The highest BCUT2D eigenvalue weighted by molar-refractivity contribution is 7.99. The number of thioether (sulfide) groups is 1. The summed E-state index contributed by atoms with van der Waals surface area (Å²) in [6, 6.07) is 8.61. The summed E-state index contributed by atoms with van der Waals surface area (Å²) < 4.78 is 5.68. The number of nitrogens with one attached hydrogen (secondary N) is 1. The Bertz CT molecular complexity index is 395. The van der Waals surface area contributed by atoms with Crippen molar-refractivity contribution in [2.75, 3.05) is 26.0 Å². The van der Waals surface area contributed by atoms with E-state index in [2.05, 4.69) is 24.4 Å². The molecule has 1 aromatic carbocycles. The molecule has 0 saturated heterocycles. The number of aliphatic hydroxyl groups is 1. The smallest absolute Gasteiger partial charge is 0.122 e. The lowest BCUT2D eigenvalue weighted by Crippen LogP contribution is -2.40. The van der Waals surface area contributed by atoms with E-state index in [9.17, 15) is 5.11 Å². The predicted octanol–water partition coefficient (Wildman–Crippen LogP) is 2.25. The number of hydrogen-bond donors (Lipinski definition) is 2. The quantitative estimate of drug-likeness (QED) is 0.839. The molecule has 0 aromatic heterocycles. The van der Waals surface area contributed by atoms with Gasteiger partial charge in [-0.1, -0.05) is 18.2 Å². The number of fused-ring (bicyclic) bond motifs is 1. The third-order valence-corrected chi connectivity index (χ3v) is 4.97. The van der Waals surface area contributed by atoms with Crippen molar-refractivity contribution in [1.82, 2.24) is 5.32 Å². The van der Waals surface area contributed by atoms with Crippen LogP contribution in [0.1, 0.15) is 24.8 Å². The van der Waals surface area contributed by atoms with Crippen molar-refractivity contribution >= 4 is 11.8 Å². The van der Waals surface area contributed by atoms with Gasteiger partial charge in [0.25, 0.3) is 0 Å². The van der Waals surface area contributed by atoms with Gasteiger partial charge >= 0.3 is 0 Å². The minimum Gasteiger partial charge on any atom is -0.493 e. The minimum atomic E-state index is 0.222. The Hall–Kier alpha value is -0.710. The Balaban J connectivity index is 1.94. The second-order valence-corrected chi connectivity index (χ2v) is 6.10. The average Bonchev–Trinajstić information content (AvgIpc) is 2.46. The molecule has 1 aliphatic heterocycles. The summed E-state index contributed by atoms with van der Waals surface area (Å²) in [5.74, 6) is 1.53. The first kappa shape index (κ1) is 14.7. The third-order valence-electron chi connectivity index (χ3n) is 3.81. The number of rotatable bonds is 6. The number of ether oxygens (including phenoxy) is 1. The van der Waals surface area contributed by atoms with Gasteiger partial charge in [-0.25, -0.2) is 0 Å². The topological polar surface area (TPSA) is 41.5 Å². The third kappa shape index (κ3) is 3.65. The minimum absolute atomic E-state index is 0.222. The fourth-order valence-electron chi connectivity index (χ4n) is 2.52. The van der Waals surface area contributed by atoms with E-state index < -0.39 is 0 Å². The Labute approximate surface area is 119 Å². The van der Waals surface area contributed by atoms with Gasteiger partial charge in [-0.3, -0.25) is 0 Å². The fourth-order valence-corrected chi connectivity index (χ4v) is 3.18. The van der Waals surface area contributed by atoms with Gasteiger partial charge in [-0.05, 0) is 31.2 Å². The van der Waals surface area contributed by atoms with E-state index in [1.165, 1.54) is 5.56 Å². The number of hydrogen-bond acceptors (Lipinski definition) is 4. The molecule has 2 N–H and O–H groups in total. The van der Waals surface area contributed by atoms with Crippen molar-refractivity contribution in [3.05, 3.63) is 29.8 Å². The molecule has 19 heavy (non-hydrogen) atoms. The molecule has 1 aromatic rings. The van der Waals surface area contributed by atoms with Gasteiger partial charge in [0.15, 0.2) is 0 Å².